The van der Waals surface area contributed by atoms with Crippen molar-refractivity contribution in [2.75, 3.05) is 0 Å². The van der Waals surface area contributed by atoms with Gasteiger partial charge in [0.1, 0.15) is 0 Å². The number of benzene rings is 6. The fourth-order valence-corrected chi connectivity index (χ4v) is 5.04. The molecule has 0 aliphatic carbocycles. The van der Waals surface area contributed by atoms with Gasteiger partial charge in [0.05, 0.1) is 0 Å². The van der Waals surface area contributed by atoms with Crippen LogP contribution in [0.5, 0.6) is 0 Å². The third kappa shape index (κ3) is 3.50. The van der Waals surface area contributed by atoms with Crippen LogP contribution >= 0.6 is 11.6 Å². The molecule has 0 bridgehead atoms. The van der Waals surface area contributed by atoms with Gasteiger partial charge in [-0.15, -0.1) is 0 Å². The molecule has 0 saturated heterocycles. The van der Waals surface area contributed by atoms with Gasteiger partial charge in [-0.2, -0.15) is 0 Å². The molecule has 156 valence electrons. The molecule has 0 heterocycles. The predicted molar refractivity (Wildman–Crippen MR) is 143 cm³/mol. The van der Waals surface area contributed by atoms with Crippen molar-refractivity contribution in [3.63, 3.8) is 0 Å². The second kappa shape index (κ2) is 8.24. The van der Waals surface area contributed by atoms with Gasteiger partial charge >= 0.3 is 0 Å². The summed E-state index contributed by atoms with van der Waals surface area (Å²) in [6.45, 7) is 0. The standard InChI is InChI=1S/C32H21Cl/c33-26-15-9-14-24(20-26)25-18-19-28-27-16-7-8-17-29(27)31(22-10-3-1-4-11-22)32(30(28)21-25)23-12-5-2-6-13-23/h1-21H. The van der Waals surface area contributed by atoms with Crippen molar-refractivity contribution >= 4 is 33.1 Å². The van der Waals surface area contributed by atoms with Crippen LogP contribution in [0.3, 0.4) is 0 Å². The second-order valence-electron chi connectivity index (χ2n) is 8.30. The van der Waals surface area contributed by atoms with Crippen LogP contribution in [0.1, 0.15) is 0 Å². The van der Waals surface area contributed by atoms with Crippen molar-refractivity contribution in [3.05, 3.63) is 132 Å². The maximum absolute atomic E-state index is 6.32. The Bertz CT molecular complexity index is 1600. The number of rotatable bonds is 3. The van der Waals surface area contributed by atoms with Crippen LogP contribution in [-0.4, -0.2) is 0 Å². The highest BCUT2D eigenvalue weighted by molar-refractivity contribution is 6.31. The quantitative estimate of drug-likeness (QED) is 0.240. The molecule has 33 heavy (non-hydrogen) atoms. The van der Waals surface area contributed by atoms with E-state index in [0.29, 0.717) is 0 Å². The van der Waals surface area contributed by atoms with Crippen LogP contribution < -0.4 is 0 Å². The maximum Gasteiger partial charge on any atom is 0.0412 e. The van der Waals surface area contributed by atoms with Gasteiger partial charge in [-0.05, 0) is 73.1 Å². The van der Waals surface area contributed by atoms with Gasteiger partial charge in [0.25, 0.3) is 0 Å². The molecule has 6 aromatic rings. The molecule has 0 fully saturated rings. The molecule has 0 radical (unpaired) electrons. The smallest absolute Gasteiger partial charge is 0.0412 e. The first kappa shape index (κ1) is 19.8. The number of fused-ring (bicyclic) bond motifs is 3. The van der Waals surface area contributed by atoms with E-state index in [0.717, 1.165) is 16.1 Å². The van der Waals surface area contributed by atoms with E-state index < -0.39 is 0 Å². The average molecular weight is 441 g/mol. The first-order chi connectivity index (χ1) is 16.3. The summed E-state index contributed by atoms with van der Waals surface area (Å²) in [6, 6.07) is 45.1. The largest absolute Gasteiger partial charge is 0.0843 e. The molecule has 0 aromatic heterocycles. The number of hydrogen-bond donors (Lipinski definition) is 0. The first-order valence-electron chi connectivity index (χ1n) is 11.1. The minimum absolute atomic E-state index is 0.749. The van der Waals surface area contributed by atoms with Crippen LogP contribution in [0.25, 0.3) is 54.9 Å². The Labute approximate surface area is 198 Å². The summed E-state index contributed by atoms with van der Waals surface area (Å²) in [5.41, 5.74) is 7.26. The predicted octanol–water partition coefficient (Wildman–Crippen LogP) is 9.65. The SMILES string of the molecule is Clc1cccc(-c2ccc3c(c2)c(-c2ccccc2)c(-c2ccccc2)c2ccccc23)c1. The molecule has 6 aromatic carbocycles. The minimum Gasteiger partial charge on any atom is -0.0843 e. The van der Waals surface area contributed by atoms with E-state index in [1.807, 2.05) is 18.2 Å². The van der Waals surface area contributed by atoms with Crippen LogP contribution in [-0.2, 0) is 0 Å². The number of hydrogen-bond acceptors (Lipinski definition) is 0. The summed E-state index contributed by atoms with van der Waals surface area (Å²) >= 11 is 6.32. The Balaban J connectivity index is 1.80. The van der Waals surface area contributed by atoms with Crippen molar-refractivity contribution in [1.82, 2.24) is 0 Å². The molecule has 0 amide bonds. The lowest BCUT2D eigenvalue weighted by atomic mass is 9.84. The Hall–Kier alpha value is -3.87. The van der Waals surface area contributed by atoms with Gasteiger partial charge in [-0.25, -0.2) is 0 Å². The fourth-order valence-electron chi connectivity index (χ4n) is 4.85. The van der Waals surface area contributed by atoms with E-state index in [9.17, 15) is 0 Å². The van der Waals surface area contributed by atoms with E-state index in [2.05, 4.69) is 109 Å². The molecule has 0 nitrogen and oxygen atoms in total. The Morgan fingerprint density at radius 1 is 0.333 bits per heavy atom. The van der Waals surface area contributed by atoms with E-state index in [4.69, 9.17) is 11.6 Å². The average Bonchev–Trinajstić information content (AvgIpc) is 2.88. The van der Waals surface area contributed by atoms with Crippen molar-refractivity contribution in [2.24, 2.45) is 0 Å². The zero-order valence-corrected chi connectivity index (χ0v) is 18.8. The third-order valence-corrected chi connectivity index (χ3v) is 6.54. The lowest BCUT2D eigenvalue weighted by Crippen LogP contribution is -1.92. The van der Waals surface area contributed by atoms with E-state index in [1.54, 1.807) is 0 Å². The van der Waals surface area contributed by atoms with Gasteiger partial charge in [-0.1, -0.05) is 121 Å². The Morgan fingerprint density at radius 3 is 1.52 bits per heavy atom. The van der Waals surface area contributed by atoms with Crippen molar-refractivity contribution < 1.29 is 0 Å². The molecule has 0 atom stereocenters. The summed E-state index contributed by atoms with van der Waals surface area (Å²) in [6.07, 6.45) is 0. The third-order valence-electron chi connectivity index (χ3n) is 6.31. The zero-order chi connectivity index (χ0) is 22.2. The first-order valence-corrected chi connectivity index (χ1v) is 11.5. The molecule has 0 saturated carbocycles. The van der Waals surface area contributed by atoms with Crippen LogP contribution in [0.4, 0.5) is 0 Å². The second-order valence-corrected chi connectivity index (χ2v) is 8.73. The zero-order valence-electron chi connectivity index (χ0n) is 18.0. The van der Waals surface area contributed by atoms with Gasteiger partial charge in [0.15, 0.2) is 0 Å². The molecular formula is C32H21Cl. The van der Waals surface area contributed by atoms with Gasteiger partial charge < -0.3 is 0 Å². The van der Waals surface area contributed by atoms with Crippen molar-refractivity contribution in [3.8, 4) is 33.4 Å². The van der Waals surface area contributed by atoms with E-state index >= 15 is 0 Å². The van der Waals surface area contributed by atoms with Crippen LogP contribution in [0, 0.1) is 0 Å². The maximum atomic E-state index is 6.32. The molecule has 0 spiro atoms. The van der Waals surface area contributed by atoms with Gasteiger partial charge in [0.2, 0.25) is 0 Å². The molecule has 1 heteroatoms. The van der Waals surface area contributed by atoms with Crippen LogP contribution in [0.15, 0.2) is 127 Å². The summed E-state index contributed by atoms with van der Waals surface area (Å²) < 4.78 is 0. The highest BCUT2D eigenvalue weighted by Crippen LogP contribution is 2.45. The summed E-state index contributed by atoms with van der Waals surface area (Å²) in [7, 11) is 0. The summed E-state index contributed by atoms with van der Waals surface area (Å²) in [5, 5.41) is 5.79. The summed E-state index contributed by atoms with van der Waals surface area (Å²) in [4.78, 5) is 0. The van der Waals surface area contributed by atoms with E-state index in [-0.39, 0.29) is 0 Å². The summed E-state index contributed by atoms with van der Waals surface area (Å²) in [5.74, 6) is 0. The lowest BCUT2D eigenvalue weighted by Gasteiger charge is -2.19. The Kier molecular flexibility index (Phi) is 4.94. The van der Waals surface area contributed by atoms with Gasteiger partial charge in [-0.3, -0.25) is 0 Å². The fraction of sp³-hybridized carbons (Fsp3) is 0. The molecule has 6 rings (SSSR count). The highest BCUT2D eigenvalue weighted by atomic mass is 35.5. The molecule has 0 N–H and O–H groups in total. The topological polar surface area (TPSA) is 0 Å². The van der Waals surface area contributed by atoms with Gasteiger partial charge in [0, 0.05) is 5.02 Å². The van der Waals surface area contributed by atoms with E-state index in [1.165, 1.54) is 43.8 Å². The molecular weight excluding hydrogens is 420 g/mol. The van der Waals surface area contributed by atoms with Crippen LogP contribution in [0.2, 0.25) is 5.02 Å². The number of halogens is 1. The van der Waals surface area contributed by atoms with Crippen molar-refractivity contribution in [2.45, 2.75) is 0 Å². The van der Waals surface area contributed by atoms with Crippen molar-refractivity contribution in [1.29, 1.82) is 0 Å². The molecule has 0 aliphatic rings. The normalized spacial score (nSPS) is 11.2. The highest BCUT2D eigenvalue weighted by Gasteiger charge is 2.17. The monoisotopic (exact) mass is 440 g/mol. The minimum atomic E-state index is 0.749. The Morgan fingerprint density at radius 2 is 0.848 bits per heavy atom. The molecule has 0 aliphatic heterocycles. The molecule has 0 unspecified atom stereocenters. The lowest BCUT2D eigenvalue weighted by molar-refractivity contribution is 1.62.